The molecule has 0 amide bonds. The van der Waals surface area contributed by atoms with Crippen LogP contribution in [0.15, 0.2) is 74.2 Å². The fraction of sp³-hybridized carbons (Fsp3) is 0.174. The summed E-state index contributed by atoms with van der Waals surface area (Å²) in [6.45, 7) is 1.78. The number of esters is 1. The van der Waals surface area contributed by atoms with Crippen LogP contribution in [-0.4, -0.2) is 23.0 Å². The highest BCUT2D eigenvalue weighted by atomic mass is 79.9. The largest absolute Gasteiger partial charge is 0.466 e. The van der Waals surface area contributed by atoms with Crippen molar-refractivity contribution < 1.29 is 9.53 Å². The van der Waals surface area contributed by atoms with Crippen LogP contribution in [0.1, 0.15) is 29.5 Å². The Labute approximate surface area is 202 Å². The summed E-state index contributed by atoms with van der Waals surface area (Å²) in [6, 6.07) is 15.0. The molecule has 2 N–H and O–H groups in total. The van der Waals surface area contributed by atoms with Gasteiger partial charge in [0.2, 0.25) is 0 Å². The van der Waals surface area contributed by atoms with Crippen LogP contribution in [0.4, 0.5) is 5.82 Å². The summed E-state index contributed by atoms with van der Waals surface area (Å²) in [6.07, 6.45) is 0. The van der Waals surface area contributed by atoms with Crippen molar-refractivity contribution in [3.05, 3.63) is 96.3 Å². The molecule has 0 bridgehead atoms. The first-order valence-electron chi connectivity index (χ1n) is 9.71. The number of ether oxygens (including phenoxy) is 1. The number of allylic oxidation sites excluding steroid dienone is 1. The average Bonchev–Trinajstić information content (AvgIpc) is 2.77. The van der Waals surface area contributed by atoms with Crippen molar-refractivity contribution in [1.82, 2.24) is 9.97 Å². The molecule has 1 aliphatic heterocycles. The van der Waals surface area contributed by atoms with Crippen LogP contribution in [-0.2, 0) is 15.3 Å². The molecule has 0 spiro atoms. The van der Waals surface area contributed by atoms with Crippen molar-refractivity contribution in [1.29, 1.82) is 0 Å². The number of fused-ring (bicyclic) bond motifs is 1. The highest BCUT2D eigenvalue weighted by Crippen LogP contribution is 2.40. The van der Waals surface area contributed by atoms with Gasteiger partial charge in [-0.3, -0.25) is 4.79 Å². The van der Waals surface area contributed by atoms with Gasteiger partial charge in [0.05, 0.1) is 24.2 Å². The van der Waals surface area contributed by atoms with Crippen LogP contribution in [0.2, 0.25) is 5.02 Å². The van der Waals surface area contributed by atoms with E-state index in [9.17, 15) is 9.59 Å². The molecule has 0 radical (unpaired) electrons. The number of nitrogens with zero attached hydrogens (tertiary/aromatic N) is 1. The summed E-state index contributed by atoms with van der Waals surface area (Å²) in [5.74, 6) is -0.121. The summed E-state index contributed by atoms with van der Waals surface area (Å²) in [5, 5.41) is 4.25. The van der Waals surface area contributed by atoms with Crippen LogP contribution in [0.3, 0.4) is 0 Å². The van der Waals surface area contributed by atoms with Crippen LogP contribution in [0, 0.1) is 0 Å². The lowest BCUT2D eigenvalue weighted by molar-refractivity contribution is -0.136. The van der Waals surface area contributed by atoms with Gasteiger partial charge in [-0.2, -0.15) is 0 Å². The van der Waals surface area contributed by atoms with Crippen LogP contribution in [0.25, 0.3) is 0 Å². The van der Waals surface area contributed by atoms with Gasteiger partial charge >= 0.3 is 5.97 Å². The van der Waals surface area contributed by atoms with Gasteiger partial charge in [-0.15, -0.1) is 0 Å². The Kier molecular flexibility index (Phi) is 6.74. The molecular formula is C23H19BrClN3O3S. The van der Waals surface area contributed by atoms with E-state index >= 15 is 0 Å². The molecule has 3 aromatic rings. The van der Waals surface area contributed by atoms with Crippen molar-refractivity contribution in [3.8, 4) is 0 Å². The molecule has 164 valence electrons. The lowest BCUT2D eigenvalue weighted by Gasteiger charge is -2.28. The summed E-state index contributed by atoms with van der Waals surface area (Å²) in [7, 11) is 1.33. The van der Waals surface area contributed by atoms with Gasteiger partial charge in [0.15, 0.2) is 5.16 Å². The molecule has 1 unspecified atom stereocenters. The first-order chi connectivity index (χ1) is 15.4. The zero-order valence-corrected chi connectivity index (χ0v) is 20.4. The zero-order chi connectivity index (χ0) is 22.8. The molecule has 9 heteroatoms. The Bertz CT molecular complexity index is 1270. The third kappa shape index (κ3) is 4.48. The molecule has 1 atom stereocenters. The lowest BCUT2D eigenvalue weighted by atomic mass is 9.82. The van der Waals surface area contributed by atoms with Crippen molar-refractivity contribution in [3.63, 3.8) is 0 Å². The molecule has 0 saturated heterocycles. The molecule has 1 aliphatic rings. The monoisotopic (exact) mass is 531 g/mol. The number of H-pyrrole nitrogens is 1. The van der Waals surface area contributed by atoms with E-state index in [1.807, 2.05) is 48.5 Å². The predicted octanol–water partition coefficient (Wildman–Crippen LogP) is 5.48. The van der Waals surface area contributed by atoms with Crippen LogP contribution < -0.4 is 10.9 Å². The average molecular weight is 533 g/mol. The molecule has 0 fully saturated rings. The predicted molar refractivity (Wildman–Crippen MR) is 130 cm³/mol. The van der Waals surface area contributed by atoms with Crippen molar-refractivity contribution in [2.24, 2.45) is 0 Å². The topological polar surface area (TPSA) is 84.1 Å². The Morgan fingerprint density at radius 1 is 1.22 bits per heavy atom. The number of nitrogens with one attached hydrogen (secondary N) is 2. The molecule has 0 aliphatic carbocycles. The fourth-order valence-corrected chi connectivity index (χ4v) is 5.04. The molecule has 0 saturated carbocycles. The molecule has 6 nitrogen and oxygen atoms in total. The maximum atomic E-state index is 13.2. The minimum absolute atomic E-state index is 0.314. The van der Waals surface area contributed by atoms with Crippen LogP contribution in [0.5, 0.6) is 0 Å². The van der Waals surface area contributed by atoms with E-state index in [1.165, 1.54) is 18.9 Å². The fourth-order valence-electron chi connectivity index (χ4n) is 3.63. The zero-order valence-electron chi connectivity index (χ0n) is 17.2. The van der Waals surface area contributed by atoms with E-state index < -0.39 is 11.9 Å². The van der Waals surface area contributed by atoms with Gasteiger partial charge in [-0.25, -0.2) is 9.78 Å². The molecule has 4 rings (SSSR count). The van der Waals surface area contributed by atoms with E-state index in [2.05, 4.69) is 31.2 Å². The third-order valence-electron chi connectivity index (χ3n) is 5.15. The molecule has 1 aromatic heterocycles. The number of hydrogen-bond donors (Lipinski definition) is 2. The van der Waals surface area contributed by atoms with Gasteiger partial charge in [0.25, 0.3) is 5.56 Å². The van der Waals surface area contributed by atoms with E-state index in [-0.39, 0.29) is 5.56 Å². The number of anilines is 1. The van der Waals surface area contributed by atoms with Crippen molar-refractivity contribution in [2.45, 2.75) is 23.8 Å². The second kappa shape index (κ2) is 9.52. The van der Waals surface area contributed by atoms with Gasteiger partial charge in [-0.1, -0.05) is 69.6 Å². The second-order valence-corrected chi connectivity index (χ2v) is 9.44. The molecule has 2 heterocycles. The smallest absolute Gasteiger partial charge is 0.336 e. The Morgan fingerprint density at radius 3 is 2.62 bits per heavy atom. The Hall–Kier alpha value is -2.55. The number of rotatable bonds is 5. The number of benzene rings is 2. The quantitative estimate of drug-likeness (QED) is 0.257. The first-order valence-corrected chi connectivity index (χ1v) is 11.9. The van der Waals surface area contributed by atoms with E-state index in [1.54, 1.807) is 6.92 Å². The maximum absolute atomic E-state index is 13.2. The van der Waals surface area contributed by atoms with Gasteiger partial charge in [0, 0.05) is 20.9 Å². The Morgan fingerprint density at radius 2 is 1.94 bits per heavy atom. The maximum Gasteiger partial charge on any atom is 0.336 e. The number of carbonyl (C=O) groups is 1. The number of aromatic nitrogens is 2. The van der Waals surface area contributed by atoms with E-state index in [4.69, 9.17) is 16.3 Å². The van der Waals surface area contributed by atoms with Gasteiger partial charge in [-0.05, 0) is 36.2 Å². The molecule has 2 aromatic carbocycles. The summed E-state index contributed by atoms with van der Waals surface area (Å²) in [4.78, 5) is 33.3. The highest BCUT2D eigenvalue weighted by Gasteiger charge is 2.36. The number of aromatic amines is 1. The van der Waals surface area contributed by atoms with Gasteiger partial charge < -0.3 is 15.0 Å². The Balaban J connectivity index is 1.76. The second-order valence-electron chi connectivity index (χ2n) is 7.15. The lowest BCUT2D eigenvalue weighted by Crippen LogP contribution is -2.30. The molecular weight excluding hydrogens is 514 g/mol. The number of methoxy groups -OCH3 is 1. The summed E-state index contributed by atoms with van der Waals surface area (Å²) in [5.41, 5.74) is 2.78. The van der Waals surface area contributed by atoms with E-state index in [0.717, 1.165) is 15.6 Å². The minimum atomic E-state index is -0.606. The summed E-state index contributed by atoms with van der Waals surface area (Å²) >= 11 is 11.1. The highest BCUT2D eigenvalue weighted by molar-refractivity contribution is 9.10. The number of hydrogen-bond acceptors (Lipinski definition) is 6. The standard InChI is InChI=1S/C23H19BrClN3O3S/c1-12-17(22(30)31-2)18(13-7-9-15(24)10-8-13)19-20(26-12)27-23(28-21(19)29)32-11-14-5-3-4-6-16(14)25/h3-10,18H,11H2,1-2H3,(H2,26,27,28,29). The summed E-state index contributed by atoms with van der Waals surface area (Å²) < 4.78 is 5.91. The number of carbonyl (C=O) groups excluding carboxylic acids is 1. The first kappa shape index (κ1) is 22.6. The minimum Gasteiger partial charge on any atom is -0.466 e. The van der Waals surface area contributed by atoms with E-state index in [0.29, 0.717) is 38.6 Å². The van der Waals surface area contributed by atoms with Crippen molar-refractivity contribution in [2.75, 3.05) is 12.4 Å². The number of halogens is 2. The molecule has 32 heavy (non-hydrogen) atoms. The van der Waals surface area contributed by atoms with Gasteiger partial charge in [0.1, 0.15) is 5.82 Å². The SMILES string of the molecule is COC(=O)C1=C(C)Nc2nc(SCc3ccccc3Cl)[nH]c(=O)c2C1c1ccc(Br)cc1. The van der Waals surface area contributed by atoms with Crippen molar-refractivity contribution >= 4 is 51.1 Å². The third-order valence-corrected chi connectivity index (χ3v) is 6.97. The normalized spacial score (nSPS) is 15.2. The number of thioether (sulfide) groups is 1. The van der Waals surface area contributed by atoms with Crippen LogP contribution >= 0.6 is 39.3 Å².